The van der Waals surface area contributed by atoms with Crippen LogP contribution >= 0.6 is 11.6 Å². The molecule has 0 unspecified atom stereocenters. The zero-order chi connectivity index (χ0) is 18.6. The number of halogens is 1. The number of nitrogens with zero attached hydrogens (tertiary/aromatic N) is 3. The fourth-order valence-electron chi connectivity index (χ4n) is 2.08. The minimum atomic E-state index is -3.78. The van der Waals surface area contributed by atoms with Crippen molar-refractivity contribution in [1.82, 2.24) is 10.2 Å². The highest BCUT2D eigenvalue weighted by Gasteiger charge is 2.15. The van der Waals surface area contributed by atoms with E-state index in [1.165, 1.54) is 30.3 Å². The van der Waals surface area contributed by atoms with Gasteiger partial charge in [0.05, 0.1) is 16.5 Å². The van der Waals surface area contributed by atoms with Crippen molar-refractivity contribution in [3.63, 3.8) is 0 Å². The van der Waals surface area contributed by atoms with E-state index in [9.17, 15) is 8.42 Å². The number of sulfonamides is 1. The van der Waals surface area contributed by atoms with Crippen LogP contribution in [0.3, 0.4) is 0 Å². The highest BCUT2D eigenvalue weighted by Crippen LogP contribution is 2.19. The maximum atomic E-state index is 12.3. The van der Waals surface area contributed by atoms with Crippen molar-refractivity contribution in [2.24, 2.45) is 0 Å². The molecule has 0 spiro atoms. The molecule has 130 valence electrons. The van der Waals surface area contributed by atoms with Crippen molar-refractivity contribution in [1.29, 1.82) is 5.26 Å². The minimum Gasteiger partial charge on any atom is -0.339 e. The number of aromatic nitrogens is 2. The first-order valence-electron chi connectivity index (χ1n) is 7.35. The van der Waals surface area contributed by atoms with Crippen molar-refractivity contribution < 1.29 is 8.42 Å². The molecular weight excluding hydrogens is 374 g/mol. The third-order valence-electron chi connectivity index (χ3n) is 3.29. The van der Waals surface area contributed by atoms with Crippen LogP contribution in [0.5, 0.6) is 0 Å². The quantitative estimate of drug-likeness (QED) is 0.695. The van der Waals surface area contributed by atoms with Crippen LogP contribution < -0.4 is 10.0 Å². The third kappa shape index (κ3) is 4.27. The Balaban J connectivity index is 1.73. The van der Waals surface area contributed by atoms with E-state index in [2.05, 4.69) is 20.2 Å². The van der Waals surface area contributed by atoms with Crippen LogP contribution in [0.15, 0.2) is 65.6 Å². The maximum Gasteiger partial charge on any atom is 0.263 e. The molecule has 3 rings (SSSR count). The largest absolute Gasteiger partial charge is 0.339 e. The summed E-state index contributed by atoms with van der Waals surface area (Å²) in [7, 11) is -3.78. The van der Waals surface area contributed by atoms with Crippen molar-refractivity contribution in [3.05, 3.63) is 71.2 Å². The molecule has 0 saturated carbocycles. The first-order chi connectivity index (χ1) is 12.5. The number of nitrogens with one attached hydrogen (secondary N) is 2. The number of anilines is 3. The Kier molecular flexibility index (Phi) is 5.02. The minimum absolute atomic E-state index is 0.0687. The highest BCUT2D eigenvalue weighted by atomic mass is 35.5. The van der Waals surface area contributed by atoms with Gasteiger partial charge in [0.1, 0.15) is 0 Å². The summed E-state index contributed by atoms with van der Waals surface area (Å²) < 4.78 is 26.9. The normalized spacial score (nSPS) is 10.8. The van der Waals surface area contributed by atoms with E-state index in [0.717, 1.165) is 0 Å². The van der Waals surface area contributed by atoms with Crippen molar-refractivity contribution >= 4 is 38.9 Å². The molecule has 2 aromatic carbocycles. The number of rotatable bonds is 5. The van der Waals surface area contributed by atoms with Gasteiger partial charge in [-0.05, 0) is 54.6 Å². The summed E-state index contributed by atoms with van der Waals surface area (Å²) in [6, 6.07) is 17.8. The lowest BCUT2D eigenvalue weighted by atomic mass is 10.2. The molecule has 0 saturated heterocycles. The molecule has 3 aromatic rings. The zero-order valence-corrected chi connectivity index (χ0v) is 14.8. The monoisotopic (exact) mass is 385 g/mol. The summed E-state index contributed by atoms with van der Waals surface area (Å²) in [4.78, 5) is 0.0687. The van der Waals surface area contributed by atoms with Crippen LogP contribution in [0, 0.1) is 11.3 Å². The molecule has 0 aliphatic carbocycles. The second kappa shape index (κ2) is 7.39. The second-order valence-electron chi connectivity index (χ2n) is 5.18. The van der Waals surface area contributed by atoms with Gasteiger partial charge in [0.25, 0.3) is 10.0 Å². The maximum absolute atomic E-state index is 12.3. The molecule has 7 nitrogen and oxygen atoms in total. The lowest BCUT2D eigenvalue weighted by Gasteiger charge is -2.08. The van der Waals surface area contributed by atoms with Gasteiger partial charge in [-0.1, -0.05) is 17.7 Å². The second-order valence-corrected chi connectivity index (χ2v) is 7.30. The van der Waals surface area contributed by atoms with Crippen LogP contribution in [-0.2, 0) is 10.0 Å². The van der Waals surface area contributed by atoms with E-state index in [-0.39, 0.29) is 10.7 Å². The van der Waals surface area contributed by atoms with Crippen LogP contribution in [-0.4, -0.2) is 18.6 Å². The Bertz CT molecular complexity index is 1060. The Morgan fingerprint density at radius 2 is 1.65 bits per heavy atom. The molecule has 0 bridgehead atoms. The van der Waals surface area contributed by atoms with E-state index < -0.39 is 10.0 Å². The molecule has 0 fully saturated rings. The molecule has 0 radical (unpaired) electrons. The SMILES string of the molecule is N#Cc1cccc(Nc2ccc(NS(=O)(=O)c3ccc(Cl)cc3)nn2)c1. The number of hydrogen-bond donors (Lipinski definition) is 2. The lowest BCUT2D eigenvalue weighted by Crippen LogP contribution is -2.14. The van der Waals surface area contributed by atoms with Crippen molar-refractivity contribution in [2.45, 2.75) is 4.90 Å². The first-order valence-corrected chi connectivity index (χ1v) is 9.22. The van der Waals surface area contributed by atoms with E-state index in [1.807, 2.05) is 6.07 Å². The fourth-order valence-corrected chi connectivity index (χ4v) is 3.20. The molecule has 9 heteroatoms. The predicted octanol–water partition coefficient (Wildman–Crippen LogP) is 3.55. The Hall–Kier alpha value is -3.15. The smallest absolute Gasteiger partial charge is 0.263 e. The Morgan fingerprint density at radius 3 is 2.31 bits per heavy atom. The molecule has 0 aliphatic heterocycles. The average Bonchev–Trinajstić information content (AvgIpc) is 2.64. The highest BCUT2D eigenvalue weighted by molar-refractivity contribution is 7.92. The van der Waals surface area contributed by atoms with Crippen LogP contribution in [0.25, 0.3) is 0 Å². The summed E-state index contributed by atoms with van der Waals surface area (Å²) in [5.41, 5.74) is 1.18. The standard InChI is InChI=1S/C17H12ClN5O2S/c18-13-4-6-15(7-5-13)26(24,25)23-17-9-8-16(21-22-17)20-14-3-1-2-12(10-14)11-19/h1-10H,(H,20,21)(H,22,23). The van der Waals surface area contributed by atoms with Gasteiger partial charge < -0.3 is 5.32 Å². The zero-order valence-electron chi connectivity index (χ0n) is 13.2. The lowest BCUT2D eigenvalue weighted by molar-refractivity contribution is 0.601. The topological polar surface area (TPSA) is 108 Å². The van der Waals surface area contributed by atoms with Crippen LogP contribution in [0.1, 0.15) is 5.56 Å². The Labute approximate surface area is 155 Å². The molecule has 26 heavy (non-hydrogen) atoms. The van der Waals surface area contributed by atoms with Crippen molar-refractivity contribution in [2.75, 3.05) is 10.0 Å². The summed E-state index contributed by atoms with van der Waals surface area (Å²) in [5.74, 6) is 0.491. The molecule has 0 amide bonds. The number of benzene rings is 2. The van der Waals surface area contributed by atoms with Gasteiger partial charge in [0, 0.05) is 10.7 Å². The summed E-state index contributed by atoms with van der Waals surface area (Å²) >= 11 is 5.76. The van der Waals surface area contributed by atoms with E-state index in [4.69, 9.17) is 16.9 Å². The number of nitriles is 1. The van der Waals surface area contributed by atoms with Crippen LogP contribution in [0.2, 0.25) is 5.02 Å². The third-order valence-corrected chi connectivity index (χ3v) is 4.91. The summed E-state index contributed by atoms with van der Waals surface area (Å²) in [6.45, 7) is 0. The summed E-state index contributed by atoms with van der Waals surface area (Å²) in [6.07, 6.45) is 0. The van der Waals surface area contributed by atoms with Gasteiger partial charge in [0.15, 0.2) is 11.6 Å². The Morgan fingerprint density at radius 1 is 0.962 bits per heavy atom. The van der Waals surface area contributed by atoms with Gasteiger partial charge in [0.2, 0.25) is 0 Å². The van der Waals surface area contributed by atoms with E-state index >= 15 is 0 Å². The number of hydrogen-bond acceptors (Lipinski definition) is 6. The molecule has 1 heterocycles. The first kappa shape index (κ1) is 17.7. The fraction of sp³-hybridized carbons (Fsp3) is 0. The average molecular weight is 386 g/mol. The van der Waals surface area contributed by atoms with Gasteiger partial charge in [-0.2, -0.15) is 5.26 Å². The van der Waals surface area contributed by atoms with Gasteiger partial charge >= 0.3 is 0 Å². The molecular formula is C17H12ClN5O2S. The van der Waals surface area contributed by atoms with E-state index in [1.54, 1.807) is 30.3 Å². The predicted molar refractivity (Wildman–Crippen MR) is 98.7 cm³/mol. The molecule has 2 N–H and O–H groups in total. The molecule has 0 aliphatic rings. The van der Waals surface area contributed by atoms with Crippen LogP contribution in [0.4, 0.5) is 17.3 Å². The summed E-state index contributed by atoms with van der Waals surface area (Å²) in [5, 5.41) is 20.1. The van der Waals surface area contributed by atoms with E-state index in [0.29, 0.717) is 22.1 Å². The van der Waals surface area contributed by atoms with Gasteiger partial charge in [-0.3, -0.25) is 4.72 Å². The van der Waals surface area contributed by atoms with Crippen molar-refractivity contribution in [3.8, 4) is 6.07 Å². The molecule has 0 atom stereocenters. The van der Waals surface area contributed by atoms with Gasteiger partial charge in [-0.25, -0.2) is 8.42 Å². The van der Waals surface area contributed by atoms with Gasteiger partial charge in [-0.15, -0.1) is 10.2 Å². The molecule has 1 aromatic heterocycles.